The Kier molecular flexibility index (Phi) is 5.05. The Bertz CT molecular complexity index is 832. The Hall–Kier alpha value is -2.35. The first-order valence-corrected chi connectivity index (χ1v) is 8.28. The highest BCUT2D eigenvalue weighted by Gasteiger charge is 2.10. The standard InChI is InChI=1S/C9H10N2O.C7H8O3S/c10-11-5-1-2-7-3-4-8(12)6-9(7)11;1-6-4-2-3-5-7(6)11(8,9)10/h1-4,6,12H,5,10H2;2-5H,1H3,(H,8,9,10). The number of benzene rings is 2. The van der Waals surface area contributed by atoms with Gasteiger partial charge in [0.15, 0.2) is 0 Å². The minimum Gasteiger partial charge on any atom is -0.508 e. The van der Waals surface area contributed by atoms with E-state index >= 15 is 0 Å². The molecule has 4 N–H and O–H groups in total. The van der Waals surface area contributed by atoms with Crippen molar-refractivity contribution in [3.8, 4) is 5.75 Å². The first-order valence-electron chi connectivity index (χ1n) is 6.84. The van der Waals surface area contributed by atoms with Crippen LogP contribution in [-0.2, 0) is 10.1 Å². The van der Waals surface area contributed by atoms with Gasteiger partial charge in [-0.15, -0.1) is 0 Å². The number of nitrogens with zero attached hydrogens (tertiary/aromatic N) is 1. The van der Waals surface area contributed by atoms with Crippen LogP contribution < -0.4 is 10.9 Å². The number of hydrogen-bond donors (Lipinski definition) is 3. The SMILES string of the molecule is Cc1ccccc1S(=O)(=O)O.NN1CC=Cc2ccc(O)cc21. The molecule has 0 radical (unpaired) electrons. The molecule has 0 aromatic heterocycles. The summed E-state index contributed by atoms with van der Waals surface area (Å²) in [5.74, 6) is 5.94. The molecule has 0 unspecified atom stereocenters. The normalized spacial score (nSPS) is 13.1. The molecule has 23 heavy (non-hydrogen) atoms. The summed E-state index contributed by atoms with van der Waals surface area (Å²) < 4.78 is 29.9. The molecule has 0 fully saturated rings. The zero-order valence-electron chi connectivity index (χ0n) is 12.5. The predicted molar refractivity (Wildman–Crippen MR) is 89.7 cm³/mol. The molecule has 0 saturated carbocycles. The fraction of sp³-hybridized carbons (Fsp3) is 0.125. The van der Waals surface area contributed by atoms with Gasteiger partial charge < -0.3 is 10.1 Å². The highest BCUT2D eigenvalue weighted by molar-refractivity contribution is 7.85. The van der Waals surface area contributed by atoms with Crippen LogP contribution in [-0.4, -0.2) is 24.6 Å². The lowest BCUT2D eigenvalue weighted by atomic mass is 10.1. The number of phenolic OH excluding ortho intramolecular Hbond substituents is 1. The van der Waals surface area contributed by atoms with E-state index in [0.717, 1.165) is 11.3 Å². The topological polar surface area (TPSA) is 104 Å². The summed E-state index contributed by atoms with van der Waals surface area (Å²) in [5, 5.41) is 10.8. The number of anilines is 1. The van der Waals surface area contributed by atoms with Crippen LogP contribution in [0.3, 0.4) is 0 Å². The maximum Gasteiger partial charge on any atom is 0.294 e. The van der Waals surface area contributed by atoms with Crippen molar-refractivity contribution in [3.05, 3.63) is 59.7 Å². The molecule has 0 spiro atoms. The second kappa shape index (κ2) is 6.82. The van der Waals surface area contributed by atoms with Gasteiger partial charge in [0.05, 0.1) is 17.1 Å². The number of hydrogen-bond acceptors (Lipinski definition) is 5. The molecule has 2 aromatic carbocycles. The Labute approximate surface area is 135 Å². The summed E-state index contributed by atoms with van der Waals surface area (Å²) in [4.78, 5) is -0.0278. The first kappa shape index (κ1) is 17.0. The highest BCUT2D eigenvalue weighted by atomic mass is 32.2. The molecule has 0 aliphatic carbocycles. The fourth-order valence-electron chi connectivity index (χ4n) is 2.16. The molecule has 0 saturated heterocycles. The lowest BCUT2D eigenvalue weighted by molar-refractivity contribution is 0.475. The van der Waals surface area contributed by atoms with E-state index in [1.165, 1.54) is 6.07 Å². The van der Waals surface area contributed by atoms with Gasteiger partial charge in [-0.1, -0.05) is 30.4 Å². The Morgan fingerprint density at radius 3 is 2.48 bits per heavy atom. The van der Waals surface area contributed by atoms with E-state index in [1.807, 2.05) is 18.2 Å². The molecular formula is C16H18N2O4S. The van der Waals surface area contributed by atoms with Gasteiger partial charge in [0.1, 0.15) is 5.75 Å². The van der Waals surface area contributed by atoms with E-state index in [4.69, 9.17) is 10.4 Å². The first-order chi connectivity index (χ1) is 10.8. The molecule has 1 aliphatic heterocycles. The van der Waals surface area contributed by atoms with Crippen molar-refractivity contribution in [1.82, 2.24) is 0 Å². The quantitative estimate of drug-likeness (QED) is 0.546. The van der Waals surface area contributed by atoms with Crippen molar-refractivity contribution in [2.75, 3.05) is 11.6 Å². The summed E-state index contributed by atoms with van der Waals surface area (Å²) >= 11 is 0. The molecular weight excluding hydrogens is 316 g/mol. The average molecular weight is 334 g/mol. The minimum absolute atomic E-state index is 0.0278. The molecule has 0 bridgehead atoms. The van der Waals surface area contributed by atoms with Gasteiger partial charge in [-0.2, -0.15) is 8.42 Å². The molecule has 3 rings (SSSR count). The molecule has 0 atom stereocenters. The monoisotopic (exact) mass is 334 g/mol. The van der Waals surface area contributed by atoms with Crippen LogP contribution in [0.2, 0.25) is 0 Å². The van der Waals surface area contributed by atoms with Gasteiger partial charge in [-0.05, 0) is 36.2 Å². The lowest BCUT2D eigenvalue weighted by Gasteiger charge is -2.22. The van der Waals surface area contributed by atoms with Crippen molar-refractivity contribution in [2.24, 2.45) is 5.84 Å². The number of hydrazine groups is 1. The van der Waals surface area contributed by atoms with Crippen molar-refractivity contribution < 1.29 is 18.1 Å². The van der Waals surface area contributed by atoms with Gasteiger partial charge in [0.2, 0.25) is 0 Å². The van der Waals surface area contributed by atoms with Gasteiger partial charge >= 0.3 is 0 Å². The van der Waals surface area contributed by atoms with Crippen LogP contribution >= 0.6 is 0 Å². The van der Waals surface area contributed by atoms with E-state index in [1.54, 1.807) is 42.3 Å². The summed E-state index contributed by atoms with van der Waals surface area (Å²) in [7, 11) is -4.03. The molecule has 122 valence electrons. The molecule has 2 aromatic rings. The number of aromatic hydroxyl groups is 1. The minimum atomic E-state index is -4.03. The van der Waals surface area contributed by atoms with Crippen LogP contribution in [0.1, 0.15) is 11.1 Å². The van der Waals surface area contributed by atoms with Gasteiger partial charge in [-0.25, -0.2) is 5.84 Å². The molecule has 7 heteroatoms. The number of fused-ring (bicyclic) bond motifs is 1. The van der Waals surface area contributed by atoms with E-state index in [9.17, 15) is 13.5 Å². The predicted octanol–water partition coefficient (Wildman–Crippen LogP) is 2.34. The van der Waals surface area contributed by atoms with Gasteiger partial charge in [0, 0.05) is 6.07 Å². The number of rotatable bonds is 1. The van der Waals surface area contributed by atoms with E-state index in [-0.39, 0.29) is 10.6 Å². The Balaban J connectivity index is 0.000000168. The van der Waals surface area contributed by atoms with Crippen LogP contribution in [0.5, 0.6) is 5.75 Å². The second-order valence-corrected chi connectivity index (χ2v) is 6.43. The third kappa shape index (κ3) is 4.32. The summed E-state index contributed by atoms with van der Waals surface area (Å²) in [6.07, 6.45) is 3.98. The van der Waals surface area contributed by atoms with Crippen molar-refractivity contribution >= 4 is 21.9 Å². The molecule has 0 amide bonds. The summed E-state index contributed by atoms with van der Waals surface area (Å²) in [6, 6.07) is 11.4. The lowest BCUT2D eigenvalue weighted by Crippen LogP contribution is -2.32. The third-order valence-corrected chi connectivity index (χ3v) is 4.31. The molecule has 6 nitrogen and oxygen atoms in total. The molecule has 1 heterocycles. The smallest absolute Gasteiger partial charge is 0.294 e. The summed E-state index contributed by atoms with van der Waals surface area (Å²) in [5.41, 5.74) is 2.47. The number of aryl methyl sites for hydroxylation is 1. The zero-order valence-corrected chi connectivity index (χ0v) is 13.4. The van der Waals surface area contributed by atoms with Crippen molar-refractivity contribution in [1.29, 1.82) is 0 Å². The van der Waals surface area contributed by atoms with Crippen LogP contribution in [0.15, 0.2) is 53.4 Å². The Morgan fingerprint density at radius 2 is 1.87 bits per heavy atom. The summed E-state index contributed by atoms with van der Waals surface area (Å²) in [6.45, 7) is 2.32. The Morgan fingerprint density at radius 1 is 1.17 bits per heavy atom. The average Bonchev–Trinajstić information content (AvgIpc) is 2.48. The fourth-order valence-corrected chi connectivity index (χ4v) is 2.88. The van der Waals surface area contributed by atoms with E-state index in [2.05, 4.69) is 0 Å². The highest BCUT2D eigenvalue weighted by Crippen LogP contribution is 2.27. The molecule has 1 aliphatic rings. The van der Waals surface area contributed by atoms with E-state index in [0.29, 0.717) is 12.1 Å². The van der Waals surface area contributed by atoms with Gasteiger partial charge in [-0.3, -0.25) is 4.55 Å². The van der Waals surface area contributed by atoms with Crippen LogP contribution in [0, 0.1) is 6.92 Å². The van der Waals surface area contributed by atoms with Crippen LogP contribution in [0.4, 0.5) is 5.69 Å². The maximum atomic E-state index is 10.6. The van der Waals surface area contributed by atoms with Crippen LogP contribution in [0.25, 0.3) is 6.08 Å². The zero-order chi connectivity index (χ0) is 17.0. The number of phenols is 1. The third-order valence-electron chi connectivity index (χ3n) is 3.29. The van der Waals surface area contributed by atoms with Gasteiger partial charge in [0.25, 0.3) is 10.1 Å². The number of nitrogens with two attached hydrogens (primary N) is 1. The largest absolute Gasteiger partial charge is 0.508 e. The van der Waals surface area contributed by atoms with E-state index < -0.39 is 10.1 Å². The van der Waals surface area contributed by atoms with Crippen molar-refractivity contribution in [2.45, 2.75) is 11.8 Å². The maximum absolute atomic E-state index is 10.6. The van der Waals surface area contributed by atoms with Crippen molar-refractivity contribution in [3.63, 3.8) is 0 Å². The second-order valence-electron chi connectivity index (χ2n) is 5.04.